The average molecular weight is 337 g/mol. The Hall–Kier alpha value is -1.05. The van der Waals surface area contributed by atoms with Crippen molar-refractivity contribution in [1.29, 1.82) is 0 Å². The van der Waals surface area contributed by atoms with E-state index in [4.69, 9.17) is 4.74 Å². The summed E-state index contributed by atoms with van der Waals surface area (Å²) < 4.78 is 5.09. The first kappa shape index (κ1) is 22.9. The predicted octanol–water partition coefficient (Wildman–Crippen LogP) is 7.14. The Bertz CT molecular complexity index is 296. The molecule has 0 fully saturated rings. The maximum absolute atomic E-state index is 11.1. The van der Waals surface area contributed by atoms with Crippen LogP contribution in [-0.4, -0.2) is 12.6 Å². The molecule has 2 heteroatoms. The van der Waals surface area contributed by atoms with E-state index in [2.05, 4.69) is 13.2 Å². The lowest BCUT2D eigenvalue weighted by molar-refractivity contribution is -0.142. The van der Waals surface area contributed by atoms with Crippen LogP contribution >= 0.6 is 0 Å². The minimum absolute atomic E-state index is 0.151. The van der Waals surface area contributed by atoms with Crippen LogP contribution in [0.25, 0.3) is 0 Å². The lowest BCUT2D eigenvalue weighted by atomic mass is 10.0. The van der Waals surface area contributed by atoms with Crippen molar-refractivity contribution in [3.63, 3.8) is 0 Å². The molecule has 0 aliphatic heterocycles. The quantitative estimate of drug-likeness (QED) is 0.142. The molecular formula is C22H40O2. The Morgan fingerprint density at radius 1 is 0.625 bits per heavy atom. The molecule has 0 radical (unpaired) electrons. The van der Waals surface area contributed by atoms with Gasteiger partial charge in [-0.05, 0) is 19.3 Å². The molecule has 0 spiro atoms. The van der Waals surface area contributed by atoms with Gasteiger partial charge in [0, 0.05) is 0 Å². The molecule has 0 atom stereocenters. The average Bonchev–Trinajstić information content (AvgIpc) is 2.58. The third-order valence-corrected chi connectivity index (χ3v) is 4.38. The Kier molecular flexibility index (Phi) is 19.1. The molecule has 2 nitrogen and oxygen atoms in total. The van der Waals surface area contributed by atoms with E-state index in [-0.39, 0.29) is 5.97 Å². The molecule has 0 amide bonds. The maximum atomic E-state index is 11.1. The van der Waals surface area contributed by atoms with Crippen molar-refractivity contribution in [2.75, 3.05) is 6.61 Å². The number of hydrogen-bond acceptors (Lipinski definition) is 2. The van der Waals surface area contributed by atoms with Gasteiger partial charge >= 0.3 is 5.97 Å². The summed E-state index contributed by atoms with van der Waals surface area (Å²) in [5, 5.41) is 0. The van der Waals surface area contributed by atoms with Crippen LogP contribution in [0.2, 0.25) is 0 Å². The molecule has 0 aromatic carbocycles. The first-order valence-corrected chi connectivity index (χ1v) is 10.2. The van der Waals surface area contributed by atoms with Gasteiger partial charge in [-0.15, -0.1) is 13.2 Å². The molecule has 0 aromatic rings. The molecule has 140 valence electrons. The summed E-state index contributed by atoms with van der Waals surface area (Å²) in [6, 6.07) is 0. The van der Waals surface area contributed by atoms with E-state index in [9.17, 15) is 4.79 Å². The second-order valence-corrected chi connectivity index (χ2v) is 6.74. The minimum Gasteiger partial charge on any atom is -0.465 e. The molecule has 0 aromatic heterocycles. The van der Waals surface area contributed by atoms with Crippen molar-refractivity contribution in [2.24, 2.45) is 0 Å². The van der Waals surface area contributed by atoms with E-state index in [1.807, 2.05) is 6.08 Å². The summed E-state index contributed by atoms with van der Waals surface area (Å²) in [4.78, 5) is 11.1. The zero-order valence-corrected chi connectivity index (χ0v) is 15.9. The van der Waals surface area contributed by atoms with E-state index < -0.39 is 0 Å². The van der Waals surface area contributed by atoms with Gasteiger partial charge in [-0.2, -0.15) is 0 Å². The molecule has 0 aliphatic rings. The standard InChI is InChI=1S/C22H40O2/c1-3-5-6-7-8-9-10-11-12-13-14-15-16-17-18-19-21-24-22(23)20-4-2/h3-4H,1-2,5-21H2. The second kappa shape index (κ2) is 20.0. The van der Waals surface area contributed by atoms with Gasteiger partial charge < -0.3 is 4.74 Å². The molecule has 0 heterocycles. The molecule has 0 saturated heterocycles. The lowest BCUT2D eigenvalue weighted by Gasteiger charge is -2.04. The third kappa shape index (κ3) is 19.0. The highest BCUT2D eigenvalue weighted by atomic mass is 16.5. The van der Waals surface area contributed by atoms with Gasteiger partial charge in [0.15, 0.2) is 0 Å². The number of unbranched alkanes of at least 4 members (excludes halogenated alkanes) is 14. The number of hydrogen-bond donors (Lipinski definition) is 0. The van der Waals surface area contributed by atoms with Gasteiger partial charge in [-0.3, -0.25) is 4.79 Å². The molecule has 0 aliphatic carbocycles. The van der Waals surface area contributed by atoms with Crippen molar-refractivity contribution in [2.45, 2.75) is 103 Å². The van der Waals surface area contributed by atoms with Gasteiger partial charge in [0.05, 0.1) is 13.0 Å². The number of carbonyl (C=O) groups is 1. The molecular weight excluding hydrogens is 296 g/mol. The number of rotatable bonds is 19. The monoisotopic (exact) mass is 336 g/mol. The fraction of sp³-hybridized carbons (Fsp3) is 0.773. The van der Waals surface area contributed by atoms with Crippen LogP contribution in [0.15, 0.2) is 25.3 Å². The fourth-order valence-electron chi connectivity index (χ4n) is 2.87. The number of ether oxygens (including phenoxy) is 1. The molecule has 0 unspecified atom stereocenters. The number of carbonyl (C=O) groups excluding carboxylic acids is 1. The number of esters is 1. The zero-order valence-electron chi connectivity index (χ0n) is 15.9. The van der Waals surface area contributed by atoms with Crippen LogP contribution in [0.3, 0.4) is 0 Å². The largest absolute Gasteiger partial charge is 0.465 e. The van der Waals surface area contributed by atoms with Crippen LogP contribution in [0.4, 0.5) is 0 Å². The highest BCUT2D eigenvalue weighted by Gasteiger charge is 1.98. The molecule has 0 bridgehead atoms. The normalized spacial score (nSPS) is 10.5. The Morgan fingerprint density at radius 3 is 1.46 bits per heavy atom. The highest BCUT2D eigenvalue weighted by molar-refractivity contribution is 5.70. The van der Waals surface area contributed by atoms with Crippen molar-refractivity contribution < 1.29 is 9.53 Å². The maximum Gasteiger partial charge on any atom is 0.309 e. The third-order valence-electron chi connectivity index (χ3n) is 4.38. The topological polar surface area (TPSA) is 26.3 Å². The summed E-state index contributed by atoms with van der Waals surface area (Å²) in [5.74, 6) is -0.151. The molecule has 24 heavy (non-hydrogen) atoms. The summed E-state index contributed by atoms with van der Waals surface area (Å²) in [6.45, 7) is 7.85. The molecule has 0 N–H and O–H groups in total. The van der Waals surface area contributed by atoms with E-state index in [0.29, 0.717) is 13.0 Å². The zero-order chi connectivity index (χ0) is 17.7. The van der Waals surface area contributed by atoms with E-state index in [1.165, 1.54) is 89.9 Å². The van der Waals surface area contributed by atoms with Crippen LogP contribution in [0.1, 0.15) is 103 Å². The van der Waals surface area contributed by atoms with Crippen LogP contribution in [0.5, 0.6) is 0 Å². The smallest absolute Gasteiger partial charge is 0.309 e. The van der Waals surface area contributed by atoms with Crippen LogP contribution in [0, 0.1) is 0 Å². The van der Waals surface area contributed by atoms with Crippen molar-refractivity contribution in [3.8, 4) is 0 Å². The highest BCUT2D eigenvalue weighted by Crippen LogP contribution is 2.13. The van der Waals surface area contributed by atoms with Gasteiger partial charge in [0.25, 0.3) is 0 Å². The summed E-state index contributed by atoms with van der Waals surface area (Å²) in [7, 11) is 0. The van der Waals surface area contributed by atoms with E-state index in [1.54, 1.807) is 6.08 Å². The Labute approximate surface area is 150 Å². The SMILES string of the molecule is C=CCCCCCCCCCCCCCCCCOC(=O)CC=C. The minimum atomic E-state index is -0.151. The Morgan fingerprint density at radius 2 is 1.04 bits per heavy atom. The predicted molar refractivity (Wildman–Crippen MR) is 105 cm³/mol. The summed E-state index contributed by atoms with van der Waals surface area (Å²) in [6.07, 6.45) is 23.8. The van der Waals surface area contributed by atoms with Crippen molar-refractivity contribution in [1.82, 2.24) is 0 Å². The molecule has 0 saturated carbocycles. The lowest BCUT2D eigenvalue weighted by Crippen LogP contribution is -2.04. The van der Waals surface area contributed by atoms with Gasteiger partial charge in [0.2, 0.25) is 0 Å². The first-order chi connectivity index (χ1) is 11.8. The van der Waals surface area contributed by atoms with Gasteiger partial charge in [-0.1, -0.05) is 89.2 Å². The van der Waals surface area contributed by atoms with Gasteiger partial charge in [0.1, 0.15) is 0 Å². The van der Waals surface area contributed by atoms with Crippen molar-refractivity contribution in [3.05, 3.63) is 25.3 Å². The van der Waals surface area contributed by atoms with Gasteiger partial charge in [-0.25, -0.2) is 0 Å². The first-order valence-electron chi connectivity index (χ1n) is 10.2. The second-order valence-electron chi connectivity index (χ2n) is 6.74. The molecule has 0 rings (SSSR count). The number of allylic oxidation sites excluding steroid dienone is 1. The van der Waals surface area contributed by atoms with Crippen LogP contribution in [-0.2, 0) is 9.53 Å². The summed E-state index contributed by atoms with van der Waals surface area (Å²) >= 11 is 0. The van der Waals surface area contributed by atoms with Crippen molar-refractivity contribution >= 4 is 5.97 Å². The van der Waals surface area contributed by atoms with Crippen LogP contribution < -0.4 is 0 Å². The van der Waals surface area contributed by atoms with E-state index in [0.717, 1.165) is 6.42 Å². The fourth-order valence-corrected chi connectivity index (χ4v) is 2.87. The summed E-state index contributed by atoms with van der Waals surface area (Å²) in [5.41, 5.74) is 0. The Balaban J connectivity index is 3.04. The van der Waals surface area contributed by atoms with E-state index >= 15 is 0 Å².